The van der Waals surface area contributed by atoms with Crippen LogP contribution in [0.25, 0.3) is 6.08 Å². The maximum atomic E-state index is 12.5. The highest BCUT2D eigenvalue weighted by Crippen LogP contribution is 2.32. The quantitative estimate of drug-likeness (QED) is 0.662. The van der Waals surface area contributed by atoms with Crippen LogP contribution in [0.15, 0.2) is 53.5 Å². The Morgan fingerprint density at radius 1 is 0.923 bits per heavy atom. The first-order valence-corrected chi connectivity index (χ1v) is 7.52. The highest BCUT2D eigenvalue weighted by Gasteiger charge is 2.15. The van der Waals surface area contributed by atoms with Crippen molar-refractivity contribution in [2.24, 2.45) is 4.99 Å². The number of benzene rings is 2. The van der Waals surface area contributed by atoms with Crippen LogP contribution < -0.4 is 9.47 Å². The van der Waals surface area contributed by atoms with Crippen molar-refractivity contribution in [1.29, 1.82) is 0 Å². The molecule has 0 fully saturated rings. The van der Waals surface area contributed by atoms with Crippen LogP contribution in [0, 0.1) is 0 Å². The minimum absolute atomic E-state index is 0.341. The van der Waals surface area contributed by atoms with Gasteiger partial charge in [-0.15, -0.1) is 0 Å². The smallest absolute Gasteiger partial charge is 0.387 e. The Kier molecular flexibility index (Phi) is 5.40. The number of nitrogens with zero attached hydrogens (tertiary/aromatic N) is 1. The summed E-state index contributed by atoms with van der Waals surface area (Å²) in [6.07, 6.45) is 3.09. The van der Waals surface area contributed by atoms with Crippen LogP contribution in [0.2, 0.25) is 0 Å². The molecule has 0 aromatic heterocycles. The SMILES string of the molecule is FC(F)Oc1ccc(/C=C/C2=Nc3ccccc3CO2)cc1OC(F)F. The standard InChI is InChI=1S/C18H13F4NO3/c19-17(20)25-14-7-5-11(9-15(14)26-18(21)22)6-8-16-23-13-4-2-1-3-12(13)10-24-16/h1-9,17-18H,10H2/b8-6+. The summed E-state index contributed by atoms with van der Waals surface area (Å²) in [6, 6.07) is 11.2. The van der Waals surface area contributed by atoms with Crippen molar-refractivity contribution >= 4 is 17.7 Å². The van der Waals surface area contributed by atoms with Crippen LogP contribution >= 0.6 is 0 Å². The summed E-state index contributed by atoms with van der Waals surface area (Å²) < 4.78 is 63.5. The van der Waals surface area contributed by atoms with Crippen LogP contribution in [-0.2, 0) is 11.3 Å². The molecule has 0 atom stereocenters. The third-order valence-corrected chi connectivity index (χ3v) is 3.42. The second-order valence-corrected chi connectivity index (χ2v) is 5.16. The van der Waals surface area contributed by atoms with Gasteiger partial charge >= 0.3 is 13.2 Å². The molecular weight excluding hydrogens is 354 g/mol. The van der Waals surface area contributed by atoms with Crippen molar-refractivity contribution < 1.29 is 31.8 Å². The summed E-state index contributed by atoms with van der Waals surface area (Å²) in [5.41, 5.74) is 2.15. The molecular formula is C18H13F4NO3. The Balaban J connectivity index is 1.81. The maximum Gasteiger partial charge on any atom is 0.387 e. The first-order chi connectivity index (χ1) is 12.5. The molecule has 0 radical (unpaired) electrons. The Morgan fingerprint density at radius 2 is 1.65 bits per heavy atom. The van der Waals surface area contributed by atoms with E-state index in [0.717, 1.165) is 23.4 Å². The van der Waals surface area contributed by atoms with Gasteiger partial charge in [0.2, 0.25) is 5.90 Å². The Hall–Kier alpha value is -3.03. The minimum atomic E-state index is -3.17. The van der Waals surface area contributed by atoms with Gasteiger partial charge in [-0.2, -0.15) is 17.6 Å². The fourth-order valence-corrected chi connectivity index (χ4v) is 2.31. The lowest BCUT2D eigenvalue weighted by molar-refractivity contribution is -0.0692. The van der Waals surface area contributed by atoms with Gasteiger partial charge in [0.1, 0.15) is 6.61 Å². The molecule has 0 saturated carbocycles. The lowest BCUT2D eigenvalue weighted by Gasteiger charge is -2.14. The average Bonchev–Trinajstić information content (AvgIpc) is 2.61. The topological polar surface area (TPSA) is 40.0 Å². The zero-order valence-electron chi connectivity index (χ0n) is 13.2. The summed E-state index contributed by atoms with van der Waals surface area (Å²) in [4.78, 5) is 4.32. The van der Waals surface area contributed by atoms with E-state index >= 15 is 0 Å². The molecule has 2 aromatic carbocycles. The van der Waals surface area contributed by atoms with Crippen molar-refractivity contribution in [2.45, 2.75) is 19.8 Å². The fraction of sp³-hybridized carbons (Fsp3) is 0.167. The molecule has 1 heterocycles. The number of ether oxygens (including phenoxy) is 3. The zero-order valence-corrected chi connectivity index (χ0v) is 13.2. The lowest BCUT2D eigenvalue weighted by atomic mass is 10.1. The fourth-order valence-electron chi connectivity index (χ4n) is 2.31. The van der Waals surface area contributed by atoms with Gasteiger partial charge in [-0.25, -0.2) is 4.99 Å². The summed E-state index contributed by atoms with van der Waals surface area (Å²) in [6.45, 7) is -5.96. The average molecular weight is 367 g/mol. The number of para-hydroxylation sites is 1. The van der Waals surface area contributed by atoms with Gasteiger partial charge in [0, 0.05) is 11.6 Å². The second-order valence-electron chi connectivity index (χ2n) is 5.16. The van der Waals surface area contributed by atoms with E-state index in [0.29, 0.717) is 18.1 Å². The molecule has 0 saturated heterocycles. The molecule has 0 unspecified atom stereocenters. The number of fused-ring (bicyclic) bond motifs is 1. The normalized spacial score (nSPS) is 13.5. The molecule has 2 aromatic rings. The first-order valence-electron chi connectivity index (χ1n) is 7.52. The van der Waals surface area contributed by atoms with E-state index in [1.807, 2.05) is 24.3 Å². The van der Waals surface area contributed by atoms with Gasteiger partial charge in [0.25, 0.3) is 0 Å². The molecule has 1 aliphatic heterocycles. The van der Waals surface area contributed by atoms with Crippen molar-refractivity contribution in [3.63, 3.8) is 0 Å². The highest BCUT2D eigenvalue weighted by atomic mass is 19.3. The highest BCUT2D eigenvalue weighted by molar-refractivity contribution is 5.94. The van der Waals surface area contributed by atoms with Crippen molar-refractivity contribution in [3.05, 3.63) is 59.7 Å². The molecule has 0 bridgehead atoms. The molecule has 4 nitrogen and oxygen atoms in total. The molecule has 8 heteroatoms. The van der Waals surface area contributed by atoms with E-state index in [2.05, 4.69) is 14.5 Å². The molecule has 136 valence electrons. The zero-order chi connectivity index (χ0) is 18.5. The Labute approximate surface area is 146 Å². The molecule has 0 N–H and O–H groups in total. The van der Waals surface area contributed by atoms with E-state index < -0.39 is 24.7 Å². The van der Waals surface area contributed by atoms with E-state index in [1.165, 1.54) is 12.1 Å². The largest absolute Gasteiger partial charge is 0.473 e. The van der Waals surface area contributed by atoms with Crippen molar-refractivity contribution in [3.8, 4) is 11.5 Å². The van der Waals surface area contributed by atoms with Crippen LogP contribution in [0.3, 0.4) is 0 Å². The summed E-state index contributed by atoms with van der Waals surface area (Å²) in [7, 11) is 0. The van der Waals surface area contributed by atoms with Gasteiger partial charge in [0.15, 0.2) is 11.5 Å². The second kappa shape index (κ2) is 7.90. The third-order valence-electron chi connectivity index (χ3n) is 3.42. The van der Waals surface area contributed by atoms with Crippen LogP contribution in [0.5, 0.6) is 11.5 Å². The van der Waals surface area contributed by atoms with Gasteiger partial charge in [-0.3, -0.25) is 0 Å². The molecule has 3 rings (SSSR count). The first kappa shape index (κ1) is 17.8. The van der Waals surface area contributed by atoms with Crippen LogP contribution in [-0.4, -0.2) is 19.1 Å². The van der Waals surface area contributed by atoms with E-state index in [4.69, 9.17) is 4.74 Å². The van der Waals surface area contributed by atoms with Gasteiger partial charge in [-0.1, -0.05) is 24.3 Å². The van der Waals surface area contributed by atoms with Crippen LogP contribution in [0.1, 0.15) is 11.1 Å². The third kappa shape index (κ3) is 4.53. The number of aliphatic imine (C=N–C) groups is 1. The number of rotatable bonds is 6. The predicted molar refractivity (Wildman–Crippen MR) is 87.1 cm³/mol. The van der Waals surface area contributed by atoms with Gasteiger partial charge in [-0.05, 0) is 29.8 Å². The maximum absolute atomic E-state index is 12.5. The molecule has 26 heavy (non-hydrogen) atoms. The lowest BCUT2D eigenvalue weighted by Crippen LogP contribution is -2.08. The Morgan fingerprint density at radius 3 is 2.42 bits per heavy atom. The van der Waals surface area contributed by atoms with E-state index in [1.54, 1.807) is 6.08 Å². The summed E-state index contributed by atoms with van der Waals surface area (Å²) in [5, 5.41) is 0. The molecule has 0 spiro atoms. The summed E-state index contributed by atoms with van der Waals surface area (Å²) in [5.74, 6) is -0.620. The monoisotopic (exact) mass is 367 g/mol. The van der Waals surface area contributed by atoms with E-state index in [9.17, 15) is 17.6 Å². The number of hydrogen-bond acceptors (Lipinski definition) is 4. The predicted octanol–water partition coefficient (Wildman–Crippen LogP) is 5.16. The number of halogens is 4. The van der Waals surface area contributed by atoms with Crippen molar-refractivity contribution in [2.75, 3.05) is 0 Å². The number of alkyl halides is 4. The van der Waals surface area contributed by atoms with Crippen LogP contribution in [0.4, 0.5) is 23.2 Å². The minimum Gasteiger partial charge on any atom is -0.473 e. The van der Waals surface area contributed by atoms with E-state index in [-0.39, 0.29) is 0 Å². The molecule has 1 aliphatic rings. The molecule has 0 amide bonds. The Bertz CT molecular complexity index is 837. The number of hydrogen-bond donors (Lipinski definition) is 0. The van der Waals surface area contributed by atoms with Gasteiger partial charge in [0.05, 0.1) is 5.69 Å². The molecule has 0 aliphatic carbocycles. The van der Waals surface area contributed by atoms with Crippen molar-refractivity contribution in [1.82, 2.24) is 0 Å². The van der Waals surface area contributed by atoms with Gasteiger partial charge < -0.3 is 14.2 Å². The summed E-state index contributed by atoms with van der Waals surface area (Å²) >= 11 is 0.